The Bertz CT molecular complexity index is 3000. The fourth-order valence-electron chi connectivity index (χ4n) is 10.8. The number of anilines is 3. The van der Waals surface area contributed by atoms with E-state index in [-0.39, 0.29) is 5.41 Å². The molecule has 0 aliphatic heterocycles. The van der Waals surface area contributed by atoms with Crippen LogP contribution in [-0.2, 0) is 10.8 Å². The van der Waals surface area contributed by atoms with Gasteiger partial charge in [-0.3, -0.25) is 0 Å². The SMILES string of the molecule is CC1(c2ccccc2)c2ccccc2-c2ccc(N(c3ccc(-c4ccccc4)cc3)c3ccc4c(c3)C3(c5ccccc5-c5ccccc53)c3ccccc3-4)cc21. The normalized spacial score (nSPS) is 15.9. The van der Waals surface area contributed by atoms with Crippen LogP contribution in [0.2, 0.25) is 0 Å². The van der Waals surface area contributed by atoms with E-state index in [1.807, 2.05) is 0 Å². The van der Waals surface area contributed by atoms with Gasteiger partial charge in [-0.1, -0.05) is 182 Å². The van der Waals surface area contributed by atoms with Crippen molar-refractivity contribution in [2.75, 3.05) is 4.90 Å². The van der Waals surface area contributed by atoms with Crippen LogP contribution in [0.1, 0.15) is 45.9 Å². The van der Waals surface area contributed by atoms with Crippen molar-refractivity contribution in [2.24, 2.45) is 0 Å². The van der Waals surface area contributed by atoms with Crippen LogP contribution in [0, 0.1) is 0 Å². The molecule has 272 valence electrons. The molecule has 58 heavy (non-hydrogen) atoms. The number of benzene rings is 9. The van der Waals surface area contributed by atoms with Crippen LogP contribution in [0.15, 0.2) is 218 Å². The number of hydrogen-bond donors (Lipinski definition) is 0. The molecule has 0 bridgehead atoms. The Balaban J connectivity index is 1.10. The summed E-state index contributed by atoms with van der Waals surface area (Å²) in [6, 6.07) is 81.3. The highest BCUT2D eigenvalue weighted by Crippen LogP contribution is 2.63. The van der Waals surface area contributed by atoms with Gasteiger partial charge in [0.1, 0.15) is 0 Å². The van der Waals surface area contributed by atoms with Crippen molar-refractivity contribution in [1.82, 2.24) is 0 Å². The van der Waals surface area contributed by atoms with Gasteiger partial charge in [0.2, 0.25) is 0 Å². The number of nitrogens with zero attached hydrogens (tertiary/aromatic N) is 1. The molecule has 9 aromatic carbocycles. The third kappa shape index (κ3) is 4.42. The maximum Gasteiger partial charge on any atom is 0.0726 e. The van der Waals surface area contributed by atoms with Crippen LogP contribution >= 0.6 is 0 Å². The summed E-state index contributed by atoms with van der Waals surface area (Å²) in [5.74, 6) is 0. The molecule has 1 spiro atoms. The smallest absolute Gasteiger partial charge is 0.0726 e. The van der Waals surface area contributed by atoms with E-state index in [1.165, 1.54) is 83.5 Å². The van der Waals surface area contributed by atoms with E-state index in [0.29, 0.717) is 0 Å². The van der Waals surface area contributed by atoms with Crippen LogP contribution in [-0.4, -0.2) is 0 Å². The van der Waals surface area contributed by atoms with Gasteiger partial charge in [-0.25, -0.2) is 0 Å². The minimum absolute atomic E-state index is 0.313. The lowest BCUT2D eigenvalue weighted by molar-refractivity contribution is 0.714. The zero-order valence-corrected chi connectivity index (χ0v) is 32.2. The van der Waals surface area contributed by atoms with E-state index in [9.17, 15) is 0 Å². The van der Waals surface area contributed by atoms with Gasteiger partial charge in [0.05, 0.1) is 5.41 Å². The molecule has 1 unspecified atom stereocenters. The second-order valence-corrected chi connectivity index (χ2v) is 16.1. The Morgan fingerprint density at radius 3 is 1.22 bits per heavy atom. The zero-order valence-electron chi connectivity index (χ0n) is 32.2. The molecule has 1 heteroatoms. The lowest BCUT2D eigenvalue weighted by Gasteiger charge is -2.33. The first kappa shape index (κ1) is 33.0. The highest BCUT2D eigenvalue weighted by Gasteiger charge is 2.51. The molecule has 3 aliphatic rings. The highest BCUT2D eigenvalue weighted by atomic mass is 15.1. The number of rotatable bonds is 5. The van der Waals surface area contributed by atoms with Gasteiger partial charge in [0.15, 0.2) is 0 Å². The van der Waals surface area contributed by atoms with Gasteiger partial charge >= 0.3 is 0 Å². The molecule has 0 heterocycles. The summed E-state index contributed by atoms with van der Waals surface area (Å²) in [4.78, 5) is 2.48. The fourth-order valence-corrected chi connectivity index (χ4v) is 10.8. The van der Waals surface area contributed by atoms with E-state index in [4.69, 9.17) is 0 Å². The molecule has 0 radical (unpaired) electrons. The van der Waals surface area contributed by atoms with Gasteiger partial charge in [-0.15, -0.1) is 0 Å². The minimum Gasteiger partial charge on any atom is -0.310 e. The Morgan fingerprint density at radius 1 is 0.293 bits per heavy atom. The number of hydrogen-bond acceptors (Lipinski definition) is 1. The molecular formula is C57H39N. The summed E-state index contributed by atoms with van der Waals surface area (Å²) in [6.07, 6.45) is 0. The summed E-state index contributed by atoms with van der Waals surface area (Å²) in [6.45, 7) is 2.40. The van der Waals surface area contributed by atoms with E-state index in [0.717, 1.165) is 17.1 Å². The predicted octanol–water partition coefficient (Wildman–Crippen LogP) is 14.5. The Hall–Kier alpha value is -7.22. The molecule has 9 aromatic rings. The molecule has 12 rings (SSSR count). The first-order valence-corrected chi connectivity index (χ1v) is 20.3. The van der Waals surface area contributed by atoms with Crippen molar-refractivity contribution in [3.8, 4) is 44.5 Å². The van der Waals surface area contributed by atoms with Crippen molar-refractivity contribution in [2.45, 2.75) is 17.8 Å². The second kappa shape index (κ2) is 12.4. The van der Waals surface area contributed by atoms with Crippen molar-refractivity contribution >= 4 is 17.1 Å². The van der Waals surface area contributed by atoms with Gasteiger partial charge in [0.25, 0.3) is 0 Å². The molecule has 0 saturated heterocycles. The molecule has 1 nitrogen and oxygen atoms in total. The summed E-state index contributed by atoms with van der Waals surface area (Å²) >= 11 is 0. The van der Waals surface area contributed by atoms with Gasteiger partial charge in [0, 0.05) is 22.5 Å². The first-order valence-electron chi connectivity index (χ1n) is 20.3. The van der Waals surface area contributed by atoms with E-state index in [2.05, 4.69) is 230 Å². The molecule has 0 fully saturated rings. The average molecular weight is 738 g/mol. The Morgan fingerprint density at radius 2 is 0.672 bits per heavy atom. The standard InChI is InChI=1S/C57H39N/c1-56(40-18-6-3-7-19-40)50-24-12-8-20-44(50)48-34-32-42(36-54(48)56)58(41-30-28-39(29-31-41)38-16-4-2-5-17-38)43-33-35-49-47-23-11-15-27-53(47)57(55(49)37-43)51-25-13-9-21-45(51)46-22-10-14-26-52(46)57/h2-37H,1H3. The quantitative estimate of drug-likeness (QED) is 0.170. The van der Waals surface area contributed by atoms with Crippen LogP contribution in [0.5, 0.6) is 0 Å². The zero-order chi connectivity index (χ0) is 38.4. The first-order chi connectivity index (χ1) is 28.7. The van der Waals surface area contributed by atoms with E-state index in [1.54, 1.807) is 0 Å². The third-order valence-corrected chi connectivity index (χ3v) is 13.4. The van der Waals surface area contributed by atoms with Gasteiger partial charge in [-0.05, 0) is 127 Å². The van der Waals surface area contributed by atoms with E-state index >= 15 is 0 Å². The van der Waals surface area contributed by atoms with Crippen LogP contribution in [0.25, 0.3) is 44.5 Å². The van der Waals surface area contributed by atoms with Gasteiger partial charge in [-0.2, -0.15) is 0 Å². The molecule has 0 saturated carbocycles. The number of fused-ring (bicyclic) bond motifs is 13. The van der Waals surface area contributed by atoms with Crippen LogP contribution < -0.4 is 4.90 Å². The highest BCUT2D eigenvalue weighted by molar-refractivity contribution is 5.96. The Kier molecular flexibility index (Phi) is 7.04. The van der Waals surface area contributed by atoms with Gasteiger partial charge < -0.3 is 4.90 Å². The lowest BCUT2D eigenvalue weighted by Crippen LogP contribution is -2.26. The molecule has 1 atom stereocenters. The third-order valence-electron chi connectivity index (χ3n) is 13.4. The largest absolute Gasteiger partial charge is 0.310 e. The van der Waals surface area contributed by atoms with E-state index < -0.39 is 5.41 Å². The van der Waals surface area contributed by atoms with Crippen LogP contribution in [0.3, 0.4) is 0 Å². The second-order valence-electron chi connectivity index (χ2n) is 16.1. The summed E-state index contributed by atoms with van der Waals surface area (Å²) < 4.78 is 0. The molecule has 0 aromatic heterocycles. The maximum atomic E-state index is 2.50. The monoisotopic (exact) mass is 737 g/mol. The molecule has 3 aliphatic carbocycles. The van der Waals surface area contributed by atoms with Crippen molar-refractivity contribution in [3.05, 3.63) is 257 Å². The molecule has 0 N–H and O–H groups in total. The summed E-state index contributed by atoms with van der Waals surface area (Å²) in [7, 11) is 0. The van der Waals surface area contributed by atoms with Crippen LogP contribution in [0.4, 0.5) is 17.1 Å². The van der Waals surface area contributed by atoms with Crippen molar-refractivity contribution in [3.63, 3.8) is 0 Å². The fraction of sp³-hybridized carbons (Fsp3) is 0.0526. The predicted molar refractivity (Wildman–Crippen MR) is 240 cm³/mol. The van der Waals surface area contributed by atoms with Crippen molar-refractivity contribution < 1.29 is 0 Å². The average Bonchev–Trinajstić information content (AvgIpc) is 3.87. The molecule has 0 amide bonds. The Labute approximate surface area is 340 Å². The van der Waals surface area contributed by atoms with Crippen molar-refractivity contribution in [1.29, 1.82) is 0 Å². The maximum absolute atomic E-state index is 2.50. The summed E-state index contributed by atoms with van der Waals surface area (Å²) in [5.41, 5.74) is 22.3. The summed E-state index contributed by atoms with van der Waals surface area (Å²) in [5, 5.41) is 0. The topological polar surface area (TPSA) is 3.24 Å². The molecular weight excluding hydrogens is 699 g/mol. The lowest BCUT2D eigenvalue weighted by atomic mass is 9.70. The minimum atomic E-state index is -0.427.